The average molecular weight is 492 g/mol. The van der Waals surface area contributed by atoms with Crippen LogP contribution in [0.3, 0.4) is 0 Å². The smallest absolute Gasteiger partial charge is 0.240 e. The van der Waals surface area contributed by atoms with Crippen molar-refractivity contribution in [2.75, 3.05) is 23.4 Å². The molecule has 0 saturated heterocycles. The summed E-state index contributed by atoms with van der Waals surface area (Å²) in [5.74, 6) is -0.134. The number of amides is 1. The van der Waals surface area contributed by atoms with Gasteiger partial charge in [0.25, 0.3) is 0 Å². The van der Waals surface area contributed by atoms with E-state index in [9.17, 15) is 13.2 Å². The molecule has 0 aliphatic carbocycles. The molecule has 0 radical (unpaired) electrons. The van der Waals surface area contributed by atoms with Gasteiger partial charge in [0.2, 0.25) is 21.1 Å². The molecule has 0 atom stereocenters. The van der Waals surface area contributed by atoms with E-state index < -0.39 is 10.0 Å². The first kappa shape index (κ1) is 24.2. The van der Waals surface area contributed by atoms with Gasteiger partial charge in [0.1, 0.15) is 0 Å². The SMILES string of the molecule is CCc1cccc(C)c1Nc1nnc(SCC(=O)Nc2ccc(C)c(S(=O)(=O)NC)c2)s1. The van der Waals surface area contributed by atoms with E-state index in [1.165, 1.54) is 41.8 Å². The summed E-state index contributed by atoms with van der Waals surface area (Å²) in [5.41, 5.74) is 4.38. The number of benzene rings is 2. The van der Waals surface area contributed by atoms with Crippen molar-refractivity contribution in [3.8, 4) is 0 Å². The molecule has 3 aromatic rings. The normalized spacial score (nSPS) is 11.4. The molecule has 0 saturated carbocycles. The van der Waals surface area contributed by atoms with E-state index in [0.29, 0.717) is 20.7 Å². The Morgan fingerprint density at radius 2 is 1.91 bits per heavy atom. The Morgan fingerprint density at radius 1 is 1.12 bits per heavy atom. The fourth-order valence-corrected chi connectivity index (χ4v) is 5.58. The summed E-state index contributed by atoms with van der Waals surface area (Å²) in [4.78, 5) is 12.5. The Morgan fingerprint density at radius 3 is 2.62 bits per heavy atom. The van der Waals surface area contributed by atoms with Crippen molar-refractivity contribution in [3.63, 3.8) is 0 Å². The number of thioether (sulfide) groups is 1. The van der Waals surface area contributed by atoms with Crippen LogP contribution in [-0.4, -0.2) is 37.3 Å². The standard InChI is InChI=1S/C21H25N5O3S3/c1-5-15-8-6-7-14(3)19(15)24-20-25-26-21(31-20)30-12-18(27)23-16-10-9-13(2)17(11-16)32(28,29)22-4/h6-11,22H,5,12H2,1-4H3,(H,23,27)(H,24,25). The van der Waals surface area contributed by atoms with Gasteiger partial charge < -0.3 is 10.6 Å². The van der Waals surface area contributed by atoms with Gasteiger partial charge in [-0.3, -0.25) is 4.79 Å². The molecule has 3 rings (SSSR count). The third-order valence-electron chi connectivity index (χ3n) is 4.74. The number of anilines is 3. The second kappa shape index (κ2) is 10.4. The molecule has 170 valence electrons. The van der Waals surface area contributed by atoms with Crippen LogP contribution in [0, 0.1) is 13.8 Å². The number of carbonyl (C=O) groups is 1. The summed E-state index contributed by atoms with van der Waals surface area (Å²) in [6, 6.07) is 10.9. The van der Waals surface area contributed by atoms with Crippen molar-refractivity contribution in [2.45, 2.75) is 36.4 Å². The molecule has 0 unspecified atom stereocenters. The molecule has 0 aliphatic rings. The summed E-state index contributed by atoms with van der Waals surface area (Å²) in [6.45, 7) is 5.85. The van der Waals surface area contributed by atoms with Crippen molar-refractivity contribution in [3.05, 3.63) is 53.1 Å². The second-order valence-electron chi connectivity index (χ2n) is 6.99. The van der Waals surface area contributed by atoms with Crippen LogP contribution in [0.15, 0.2) is 45.6 Å². The summed E-state index contributed by atoms with van der Waals surface area (Å²) in [5, 5.41) is 15.1. The fourth-order valence-electron chi connectivity index (χ4n) is 3.03. The topological polar surface area (TPSA) is 113 Å². The molecule has 2 aromatic carbocycles. The van der Waals surface area contributed by atoms with E-state index in [-0.39, 0.29) is 16.6 Å². The van der Waals surface area contributed by atoms with Gasteiger partial charge in [0.15, 0.2) is 4.34 Å². The van der Waals surface area contributed by atoms with Crippen LogP contribution < -0.4 is 15.4 Å². The fraction of sp³-hybridized carbons (Fsp3) is 0.286. The minimum absolute atomic E-state index is 0.126. The van der Waals surface area contributed by atoms with E-state index in [0.717, 1.165) is 17.7 Å². The second-order valence-corrected chi connectivity index (χ2v) is 11.0. The lowest BCUT2D eigenvalue weighted by Crippen LogP contribution is -2.20. The molecule has 1 heterocycles. The first-order valence-corrected chi connectivity index (χ1v) is 13.2. The van der Waals surface area contributed by atoms with Gasteiger partial charge in [0, 0.05) is 11.4 Å². The molecule has 0 aliphatic heterocycles. The predicted octanol–water partition coefficient (Wildman–Crippen LogP) is 4.10. The quantitative estimate of drug-likeness (QED) is 0.386. The number of aryl methyl sites for hydroxylation is 3. The van der Waals surface area contributed by atoms with Crippen LogP contribution in [0.2, 0.25) is 0 Å². The molecular formula is C21H25N5O3S3. The van der Waals surface area contributed by atoms with Gasteiger partial charge in [-0.15, -0.1) is 10.2 Å². The third kappa shape index (κ3) is 5.85. The van der Waals surface area contributed by atoms with Crippen LogP contribution in [-0.2, 0) is 21.2 Å². The number of sulfonamides is 1. The lowest BCUT2D eigenvalue weighted by atomic mass is 10.1. The van der Waals surface area contributed by atoms with E-state index in [1.807, 2.05) is 19.1 Å². The molecule has 1 aromatic heterocycles. The first-order chi connectivity index (χ1) is 15.2. The van der Waals surface area contributed by atoms with Gasteiger partial charge in [-0.1, -0.05) is 54.3 Å². The monoisotopic (exact) mass is 491 g/mol. The highest BCUT2D eigenvalue weighted by Gasteiger charge is 2.16. The van der Waals surface area contributed by atoms with Crippen LogP contribution in [0.25, 0.3) is 0 Å². The zero-order valence-corrected chi connectivity index (χ0v) is 20.7. The average Bonchev–Trinajstić information content (AvgIpc) is 3.22. The highest BCUT2D eigenvalue weighted by Crippen LogP contribution is 2.31. The summed E-state index contributed by atoms with van der Waals surface area (Å²) >= 11 is 2.65. The Bertz CT molecular complexity index is 1230. The number of nitrogens with zero attached hydrogens (tertiary/aromatic N) is 2. The molecule has 0 bridgehead atoms. The maximum Gasteiger partial charge on any atom is 0.240 e. The Labute approximate surface area is 196 Å². The van der Waals surface area contributed by atoms with Crippen molar-refractivity contribution in [1.29, 1.82) is 0 Å². The zero-order valence-electron chi connectivity index (χ0n) is 18.2. The van der Waals surface area contributed by atoms with Gasteiger partial charge in [-0.25, -0.2) is 13.1 Å². The first-order valence-electron chi connectivity index (χ1n) is 9.89. The summed E-state index contributed by atoms with van der Waals surface area (Å²) in [6.07, 6.45) is 0.904. The lowest BCUT2D eigenvalue weighted by molar-refractivity contribution is -0.113. The van der Waals surface area contributed by atoms with Gasteiger partial charge in [-0.2, -0.15) is 0 Å². The van der Waals surface area contributed by atoms with Crippen molar-refractivity contribution >= 4 is 55.5 Å². The minimum Gasteiger partial charge on any atom is -0.330 e. The maximum absolute atomic E-state index is 12.4. The number of nitrogens with one attached hydrogen (secondary N) is 3. The van der Waals surface area contributed by atoms with Gasteiger partial charge in [0.05, 0.1) is 10.6 Å². The Balaban J connectivity index is 1.61. The molecule has 1 amide bonds. The van der Waals surface area contributed by atoms with Gasteiger partial charge in [-0.05, 0) is 56.1 Å². The highest BCUT2D eigenvalue weighted by molar-refractivity contribution is 8.01. The van der Waals surface area contributed by atoms with Crippen molar-refractivity contribution < 1.29 is 13.2 Å². The zero-order chi connectivity index (χ0) is 23.3. The molecule has 0 spiro atoms. The van der Waals surface area contributed by atoms with Crippen LogP contribution in [0.4, 0.5) is 16.5 Å². The van der Waals surface area contributed by atoms with Crippen LogP contribution >= 0.6 is 23.1 Å². The van der Waals surface area contributed by atoms with E-state index in [4.69, 9.17) is 0 Å². The summed E-state index contributed by atoms with van der Waals surface area (Å²) in [7, 11) is -2.25. The van der Waals surface area contributed by atoms with Crippen LogP contribution in [0.1, 0.15) is 23.6 Å². The number of carbonyl (C=O) groups excluding carboxylic acids is 1. The maximum atomic E-state index is 12.4. The molecular weight excluding hydrogens is 466 g/mol. The largest absolute Gasteiger partial charge is 0.330 e. The highest BCUT2D eigenvalue weighted by atomic mass is 32.2. The van der Waals surface area contributed by atoms with E-state index in [2.05, 4.69) is 38.5 Å². The predicted molar refractivity (Wildman–Crippen MR) is 131 cm³/mol. The number of para-hydroxylation sites is 1. The molecule has 8 nitrogen and oxygen atoms in total. The Hall–Kier alpha value is -2.47. The summed E-state index contributed by atoms with van der Waals surface area (Å²) < 4.78 is 27.2. The Kier molecular flexibility index (Phi) is 7.88. The molecule has 11 heteroatoms. The van der Waals surface area contributed by atoms with Crippen molar-refractivity contribution in [2.24, 2.45) is 0 Å². The number of hydrogen-bond acceptors (Lipinski definition) is 8. The number of rotatable bonds is 9. The number of hydrogen-bond donors (Lipinski definition) is 3. The van der Waals surface area contributed by atoms with E-state index in [1.54, 1.807) is 19.1 Å². The number of aromatic nitrogens is 2. The van der Waals surface area contributed by atoms with Crippen molar-refractivity contribution in [1.82, 2.24) is 14.9 Å². The van der Waals surface area contributed by atoms with Crippen LogP contribution in [0.5, 0.6) is 0 Å². The lowest BCUT2D eigenvalue weighted by Gasteiger charge is -2.11. The molecule has 3 N–H and O–H groups in total. The third-order valence-corrected chi connectivity index (χ3v) is 8.26. The van der Waals surface area contributed by atoms with E-state index >= 15 is 0 Å². The minimum atomic E-state index is -3.60. The molecule has 32 heavy (non-hydrogen) atoms. The molecule has 0 fully saturated rings. The van der Waals surface area contributed by atoms with Gasteiger partial charge >= 0.3 is 0 Å².